The van der Waals surface area contributed by atoms with Gasteiger partial charge in [0, 0.05) is 32.9 Å². The van der Waals surface area contributed by atoms with Crippen molar-refractivity contribution in [2.75, 3.05) is 0 Å². The Morgan fingerprint density at radius 3 is 1.13 bits per heavy atom. The summed E-state index contributed by atoms with van der Waals surface area (Å²) in [4.78, 5) is 0. The zero-order chi connectivity index (χ0) is 43.9. The van der Waals surface area contributed by atoms with Gasteiger partial charge < -0.3 is 9.13 Å². The third-order valence-electron chi connectivity index (χ3n) is 13.2. The number of benzene rings is 7. The van der Waals surface area contributed by atoms with Gasteiger partial charge >= 0.3 is 0 Å². The predicted octanol–water partition coefficient (Wildman–Crippen LogP) is 17.4. The molecule has 0 aliphatic carbocycles. The van der Waals surface area contributed by atoms with Crippen LogP contribution in [0.2, 0.25) is 0 Å². The van der Waals surface area contributed by atoms with E-state index >= 15 is 0 Å². The normalized spacial score (nSPS) is 13.5. The Morgan fingerprint density at radius 1 is 0.371 bits per heavy atom. The third kappa shape index (κ3) is 7.67. The van der Waals surface area contributed by atoms with Gasteiger partial charge in [0.15, 0.2) is 0 Å². The van der Waals surface area contributed by atoms with Crippen molar-refractivity contribution in [3.05, 3.63) is 168 Å². The monoisotopic (exact) mass is 813 g/mol. The van der Waals surface area contributed by atoms with Gasteiger partial charge in [-0.05, 0) is 146 Å². The van der Waals surface area contributed by atoms with E-state index in [0.29, 0.717) is 5.92 Å². The van der Waals surface area contributed by atoms with Gasteiger partial charge in [-0.25, -0.2) is 0 Å². The Hall–Kier alpha value is -5.86. The Bertz CT molecular complexity index is 3090. The Morgan fingerprint density at radius 2 is 0.742 bits per heavy atom. The molecule has 2 heteroatoms. The van der Waals surface area contributed by atoms with Crippen molar-refractivity contribution in [1.29, 1.82) is 0 Å². The molecule has 7 aromatic carbocycles. The Balaban J connectivity index is 1.12. The molecule has 2 aromatic heterocycles. The van der Waals surface area contributed by atoms with Crippen molar-refractivity contribution in [2.45, 2.75) is 106 Å². The van der Waals surface area contributed by atoms with Crippen molar-refractivity contribution >= 4 is 43.6 Å². The number of fused-ring (bicyclic) bond motifs is 6. The van der Waals surface area contributed by atoms with Crippen LogP contribution in [0, 0.1) is 10.8 Å². The van der Waals surface area contributed by atoms with Crippen molar-refractivity contribution in [1.82, 2.24) is 9.13 Å². The van der Waals surface area contributed by atoms with Crippen LogP contribution in [0.5, 0.6) is 0 Å². The van der Waals surface area contributed by atoms with E-state index in [-0.39, 0.29) is 21.7 Å². The molecule has 2 nitrogen and oxygen atoms in total. The molecular weight excluding hydrogens is 749 g/mol. The van der Waals surface area contributed by atoms with Crippen LogP contribution in [-0.4, -0.2) is 9.13 Å². The number of hydrogen-bond donors (Lipinski definition) is 0. The topological polar surface area (TPSA) is 9.86 Å². The molecular formula is C60H64N2. The fraction of sp³-hybridized carbons (Fsp3) is 0.300. The molecule has 0 saturated heterocycles. The van der Waals surface area contributed by atoms with E-state index in [4.69, 9.17) is 0 Å². The first-order chi connectivity index (χ1) is 29.2. The number of aromatic nitrogens is 2. The van der Waals surface area contributed by atoms with E-state index in [0.717, 1.165) is 6.42 Å². The quantitative estimate of drug-likeness (QED) is 0.158. The van der Waals surface area contributed by atoms with Crippen LogP contribution >= 0.6 is 0 Å². The van der Waals surface area contributed by atoms with Gasteiger partial charge in [0.25, 0.3) is 0 Å². The van der Waals surface area contributed by atoms with Crippen LogP contribution < -0.4 is 0 Å². The summed E-state index contributed by atoms with van der Waals surface area (Å²) in [6.07, 6.45) is 1.15. The molecule has 1 atom stereocenters. The fourth-order valence-corrected chi connectivity index (χ4v) is 9.72. The van der Waals surface area contributed by atoms with Gasteiger partial charge in [-0.15, -0.1) is 0 Å². The van der Waals surface area contributed by atoms with E-state index in [1.807, 2.05) is 0 Å². The fourth-order valence-electron chi connectivity index (χ4n) is 9.72. The number of para-hydroxylation sites is 1. The standard InChI is InChI=1S/C60H64N2/c1-57(2,3)38-52(60(10,11)12)41-22-28-47(29-23-41)62-54-31-25-43(35-49(54)51-37-45(59(7,8)9)27-33-56(51)62)40-20-18-39(19-21-40)42-24-30-53-48(34-42)50-36-44(58(4,5)6)26-32-55(50)61(53)46-16-14-13-15-17-46/h13-37,52H,38H2,1-12H3. The molecule has 0 saturated carbocycles. The highest BCUT2D eigenvalue weighted by Crippen LogP contribution is 2.44. The molecule has 0 N–H and O–H groups in total. The smallest absolute Gasteiger partial charge is 0.0541 e. The largest absolute Gasteiger partial charge is 0.309 e. The highest BCUT2D eigenvalue weighted by Gasteiger charge is 2.30. The minimum absolute atomic E-state index is 0.0427. The summed E-state index contributed by atoms with van der Waals surface area (Å²) in [7, 11) is 0. The lowest BCUT2D eigenvalue weighted by Gasteiger charge is -2.36. The minimum atomic E-state index is 0.0427. The molecule has 1 unspecified atom stereocenters. The molecule has 9 rings (SSSR count). The lowest BCUT2D eigenvalue weighted by molar-refractivity contribution is 0.229. The predicted molar refractivity (Wildman–Crippen MR) is 270 cm³/mol. The molecule has 0 amide bonds. The molecule has 314 valence electrons. The summed E-state index contributed by atoms with van der Waals surface area (Å²) in [6.45, 7) is 28.1. The molecule has 9 aromatic rings. The molecule has 0 spiro atoms. The summed E-state index contributed by atoms with van der Waals surface area (Å²) in [6, 6.07) is 57.6. The average Bonchev–Trinajstić information content (AvgIpc) is 3.73. The van der Waals surface area contributed by atoms with Gasteiger partial charge in [0.05, 0.1) is 22.1 Å². The summed E-state index contributed by atoms with van der Waals surface area (Å²) in [5.41, 5.74) is 16.9. The molecule has 2 heterocycles. The van der Waals surface area contributed by atoms with Gasteiger partial charge in [-0.1, -0.05) is 162 Å². The van der Waals surface area contributed by atoms with Crippen molar-refractivity contribution < 1.29 is 0 Å². The number of nitrogens with zero attached hydrogens (tertiary/aromatic N) is 2. The van der Waals surface area contributed by atoms with Crippen LogP contribution in [0.1, 0.15) is 112 Å². The Labute approximate surface area is 370 Å². The second kappa shape index (κ2) is 14.9. The van der Waals surface area contributed by atoms with Crippen molar-refractivity contribution in [2.24, 2.45) is 10.8 Å². The van der Waals surface area contributed by atoms with Crippen LogP contribution in [0.3, 0.4) is 0 Å². The first-order valence-electron chi connectivity index (χ1n) is 22.7. The maximum absolute atomic E-state index is 2.47. The minimum Gasteiger partial charge on any atom is -0.309 e. The summed E-state index contributed by atoms with van der Waals surface area (Å²) in [5, 5.41) is 5.16. The maximum atomic E-state index is 2.47. The zero-order valence-electron chi connectivity index (χ0n) is 39.1. The van der Waals surface area contributed by atoms with E-state index in [1.165, 1.54) is 93.9 Å². The average molecular weight is 813 g/mol. The van der Waals surface area contributed by atoms with Gasteiger partial charge in [0.2, 0.25) is 0 Å². The lowest BCUT2D eigenvalue weighted by Crippen LogP contribution is -2.23. The first kappa shape index (κ1) is 41.5. The van der Waals surface area contributed by atoms with Crippen LogP contribution in [0.4, 0.5) is 0 Å². The van der Waals surface area contributed by atoms with Crippen LogP contribution in [-0.2, 0) is 10.8 Å². The second-order valence-electron chi connectivity index (χ2n) is 22.3. The third-order valence-corrected chi connectivity index (χ3v) is 13.2. The highest BCUT2D eigenvalue weighted by atomic mass is 15.0. The number of rotatable bonds is 6. The number of hydrogen-bond acceptors (Lipinski definition) is 0. The molecule has 0 radical (unpaired) electrons. The van der Waals surface area contributed by atoms with E-state index < -0.39 is 0 Å². The maximum Gasteiger partial charge on any atom is 0.0541 e. The molecule has 0 aliphatic rings. The van der Waals surface area contributed by atoms with E-state index in [2.05, 4.69) is 244 Å². The van der Waals surface area contributed by atoms with Crippen LogP contribution in [0.25, 0.3) is 77.2 Å². The van der Waals surface area contributed by atoms with Crippen LogP contribution in [0.15, 0.2) is 152 Å². The van der Waals surface area contributed by atoms with Gasteiger partial charge in [0.1, 0.15) is 0 Å². The van der Waals surface area contributed by atoms with E-state index in [9.17, 15) is 0 Å². The SMILES string of the molecule is CC(C)(C)CC(c1ccc(-n2c3ccc(-c4ccc(-c5ccc6c(c5)c5cc(C(C)(C)C)ccc5n6-c5ccccc5)cc4)cc3c3cc(C(C)(C)C)ccc32)cc1)C(C)(C)C. The molecule has 0 fully saturated rings. The van der Waals surface area contributed by atoms with Gasteiger partial charge in [-0.3, -0.25) is 0 Å². The summed E-state index contributed by atoms with van der Waals surface area (Å²) in [5.74, 6) is 0.476. The lowest BCUT2D eigenvalue weighted by atomic mass is 9.69. The second-order valence-corrected chi connectivity index (χ2v) is 22.3. The summed E-state index contributed by atoms with van der Waals surface area (Å²) >= 11 is 0. The summed E-state index contributed by atoms with van der Waals surface area (Å²) < 4.78 is 4.88. The van der Waals surface area contributed by atoms with E-state index in [1.54, 1.807) is 0 Å². The molecule has 0 aliphatic heterocycles. The molecule has 0 bridgehead atoms. The zero-order valence-corrected chi connectivity index (χ0v) is 39.1. The first-order valence-corrected chi connectivity index (χ1v) is 22.7. The van der Waals surface area contributed by atoms with Gasteiger partial charge in [-0.2, -0.15) is 0 Å². The van der Waals surface area contributed by atoms with Crippen molar-refractivity contribution in [3.8, 4) is 33.6 Å². The highest BCUT2D eigenvalue weighted by molar-refractivity contribution is 6.12. The Kier molecular flexibility index (Phi) is 9.97. The van der Waals surface area contributed by atoms with Crippen molar-refractivity contribution in [3.63, 3.8) is 0 Å². The molecule has 62 heavy (non-hydrogen) atoms.